The van der Waals surface area contributed by atoms with Gasteiger partial charge in [-0.25, -0.2) is 0 Å². The van der Waals surface area contributed by atoms with Gasteiger partial charge in [0.05, 0.1) is 11.7 Å². The largest absolute Gasteiger partial charge is 0.508 e. The molecule has 3 heterocycles. The van der Waals surface area contributed by atoms with Crippen LogP contribution < -0.4 is 5.43 Å². The van der Waals surface area contributed by atoms with Crippen LogP contribution in [0.4, 0.5) is 0 Å². The second-order valence-corrected chi connectivity index (χ2v) is 9.88. The standard InChI is InChI=1S/C27H28O13/c1-9-20(32)23(35)26(40-27-24(36)22(34)19(31)10(2)38-27)25(37-9)18-14(30)8-16-17(21(18)33)13(29)7-15(39-16)11-3-5-12(28)6-4-11/h3-10,19,22-28,30-31,33-36H,1-2H3/t9-,10+,19+,22-,23+,24-,25+,26-,27+/m1/s1. The van der Waals surface area contributed by atoms with Crippen LogP contribution in [0.25, 0.3) is 22.3 Å². The molecule has 13 heteroatoms. The minimum Gasteiger partial charge on any atom is -0.508 e. The van der Waals surface area contributed by atoms with E-state index in [1.165, 1.54) is 38.1 Å². The molecule has 0 spiro atoms. The fourth-order valence-corrected chi connectivity index (χ4v) is 4.94. The first kappa shape index (κ1) is 28.0. The van der Waals surface area contributed by atoms with Crippen LogP contribution in [0.1, 0.15) is 25.5 Å². The van der Waals surface area contributed by atoms with Crippen molar-refractivity contribution in [2.24, 2.45) is 0 Å². The number of phenols is 3. The number of Topliss-reactive ketones (excluding diaryl/α,β-unsaturated/α-hetero) is 1. The zero-order valence-electron chi connectivity index (χ0n) is 21.2. The molecule has 7 N–H and O–H groups in total. The van der Waals surface area contributed by atoms with Gasteiger partial charge in [0.25, 0.3) is 0 Å². The van der Waals surface area contributed by atoms with E-state index in [0.717, 1.165) is 12.1 Å². The van der Waals surface area contributed by atoms with Gasteiger partial charge in [-0.2, -0.15) is 0 Å². The second-order valence-electron chi connectivity index (χ2n) is 9.88. The van der Waals surface area contributed by atoms with Gasteiger partial charge in [-0.3, -0.25) is 9.59 Å². The lowest BCUT2D eigenvalue weighted by molar-refractivity contribution is -0.323. The summed E-state index contributed by atoms with van der Waals surface area (Å²) in [6.45, 7) is 2.73. The Morgan fingerprint density at radius 3 is 2.20 bits per heavy atom. The number of hydrogen-bond donors (Lipinski definition) is 7. The molecule has 2 aliphatic heterocycles. The highest BCUT2D eigenvalue weighted by atomic mass is 16.7. The maximum Gasteiger partial charge on any atom is 0.197 e. The van der Waals surface area contributed by atoms with E-state index in [9.17, 15) is 45.3 Å². The monoisotopic (exact) mass is 560 g/mol. The lowest BCUT2D eigenvalue weighted by Gasteiger charge is -2.44. The van der Waals surface area contributed by atoms with Crippen LogP contribution in [0.15, 0.2) is 45.6 Å². The molecule has 2 fully saturated rings. The summed E-state index contributed by atoms with van der Waals surface area (Å²) in [7, 11) is 0. The Bertz CT molecular complexity index is 1480. The topological polar surface area (TPSA) is 217 Å². The summed E-state index contributed by atoms with van der Waals surface area (Å²) in [4.78, 5) is 25.7. The SMILES string of the molecule is C[C@@H]1O[C@@H](O[C@@H]2[C@@H](O)C(=O)[C@@H](C)O[C@H]2c2c(O)cc3oc(-c4ccc(O)cc4)cc(=O)c3c2O)[C@H](O)[C@H](O)[C@H]1O. The normalized spacial score (nSPS) is 32.9. The molecule has 2 aliphatic rings. The molecular formula is C27H28O13. The van der Waals surface area contributed by atoms with E-state index in [-0.39, 0.29) is 22.5 Å². The number of phenolic OH excluding ortho intramolecular Hbond substituents is 3. The smallest absolute Gasteiger partial charge is 0.197 e. The summed E-state index contributed by atoms with van der Waals surface area (Å²) in [5, 5.41) is 72.7. The Labute approximate surface area is 226 Å². The molecule has 0 unspecified atom stereocenters. The van der Waals surface area contributed by atoms with Crippen molar-refractivity contribution >= 4 is 16.8 Å². The number of aromatic hydroxyl groups is 3. The minimum atomic E-state index is -1.90. The Morgan fingerprint density at radius 2 is 1.52 bits per heavy atom. The van der Waals surface area contributed by atoms with Crippen molar-refractivity contribution in [1.29, 1.82) is 0 Å². The summed E-state index contributed by atoms with van der Waals surface area (Å²) >= 11 is 0. The third-order valence-electron chi connectivity index (χ3n) is 7.20. The first-order valence-electron chi connectivity index (χ1n) is 12.4. The van der Waals surface area contributed by atoms with E-state index in [1.807, 2.05) is 0 Å². The maximum atomic E-state index is 13.1. The highest BCUT2D eigenvalue weighted by Gasteiger charge is 2.50. The summed E-state index contributed by atoms with van der Waals surface area (Å²) < 4.78 is 22.6. The van der Waals surface area contributed by atoms with Crippen molar-refractivity contribution in [3.05, 3.63) is 52.2 Å². The molecule has 13 nitrogen and oxygen atoms in total. The second kappa shape index (κ2) is 10.4. The minimum absolute atomic E-state index is 0.00254. The number of aliphatic hydroxyl groups is 4. The van der Waals surface area contributed by atoms with Gasteiger partial charge in [0, 0.05) is 17.7 Å². The van der Waals surface area contributed by atoms with Crippen LogP contribution in [0.2, 0.25) is 0 Å². The van der Waals surface area contributed by atoms with Crippen molar-refractivity contribution < 1.29 is 59.2 Å². The van der Waals surface area contributed by atoms with Crippen LogP contribution in [0.3, 0.4) is 0 Å². The zero-order valence-corrected chi connectivity index (χ0v) is 21.2. The highest BCUT2D eigenvalue weighted by molar-refractivity contribution is 5.90. The molecule has 2 saturated heterocycles. The summed E-state index contributed by atoms with van der Waals surface area (Å²) in [5.41, 5.74) is -0.853. The van der Waals surface area contributed by atoms with Crippen molar-refractivity contribution in [3.8, 4) is 28.6 Å². The van der Waals surface area contributed by atoms with Gasteiger partial charge in [0.2, 0.25) is 0 Å². The van der Waals surface area contributed by atoms with Gasteiger partial charge in [-0.1, -0.05) is 0 Å². The predicted octanol–water partition coefficient (Wildman–Crippen LogP) is 0.179. The fourth-order valence-electron chi connectivity index (χ4n) is 4.94. The molecule has 0 saturated carbocycles. The van der Waals surface area contributed by atoms with E-state index in [0.29, 0.717) is 5.56 Å². The third-order valence-corrected chi connectivity index (χ3v) is 7.20. The summed E-state index contributed by atoms with van der Waals surface area (Å²) in [6.07, 6.45) is -14.0. The number of aliphatic hydroxyl groups excluding tert-OH is 4. The van der Waals surface area contributed by atoms with E-state index in [2.05, 4.69) is 0 Å². The van der Waals surface area contributed by atoms with Gasteiger partial charge in [0.1, 0.15) is 76.7 Å². The predicted molar refractivity (Wildman–Crippen MR) is 134 cm³/mol. The van der Waals surface area contributed by atoms with E-state index >= 15 is 0 Å². The molecule has 0 bridgehead atoms. The number of ketones is 1. The summed E-state index contributed by atoms with van der Waals surface area (Å²) in [6, 6.07) is 7.94. The molecule has 5 rings (SSSR count). The first-order valence-corrected chi connectivity index (χ1v) is 12.4. The number of ether oxygens (including phenoxy) is 3. The average molecular weight is 561 g/mol. The van der Waals surface area contributed by atoms with Gasteiger partial charge >= 0.3 is 0 Å². The third kappa shape index (κ3) is 4.71. The fraction of sp³-hybridized carbons (Fsp3) is 0.407. The van der Waals surface area contributed by atoms with Crippen LogP contribution in [-0.2, 0) is 19.0 Å². The van der Waals surface area contributed by atoms with Crippen molar-refractivity contribution in [2.45, 2.75) is 69.0 Å². The van der Waals surface area contributed by atoms with Crippen molar-refractivity contribution in [1.82, 2.24) is 0 Å². The van der Waals surface area contributed by atoms with E-state index in [1.54, 1.807) is 0 Å². The molecule has 40 heavy (non-hydrogen) atoms. The molecule has 3 aromatic rings. The first-order chi connectivity index (χ1) is 18.9. The molecule has 1 aromatic heterocycles. The molecule has 0 radical (unpaired) electrons. The van der Waals surface area contributed by atoms with Gasteiger partial charge < -0.3 is 54.4 Å². The number of fused-ring (bicyclic) bond motifs is 1. The molecule has 9 atom stereocenters. The van der Waals surface area contributed by atoms with Gasteiger partial charge in [-0.15, -0.1) is 0 Å². The number of benzene rings is 2. The van der Waals surface area contributed by atoms with Crippen LogP contribution in [0.5, 0.6) is 17.2 Å². The zero-order chi connectivity index (χ0) is 29.0. The van der Waals surface area contributed by atoms with E-state index < -0.39 is 83.4 Å². The van der Waals surface area contributed by atoms with Crippen molar-refractivity contribution in [2.75, 3.05) is 0 Å². The number of carbonyl (C=O) groups excluding carboxylic acids is 1. The van der Waals surface area contributed by atoms with Gasteiger partial charge in [0.15, 0.2) is 17.5 Å². The van der Waals surface area contributed by atoms with E-state index in [4.69, 9.17) is 18.6 Å². The molecule has 214 valence electrons. The molecule has 2 aromatic carbocycles. The van der Waals surface area contributed by atoms with Crippen LogP contribution in [-0.4, -0.2) is 90.5 Å². The Hall–Kier alpha value is -3.56. The maximum absolute atomic E-state index is 13.1. The Kier molecular flexibility index (Phi) is 7.31. The number of hydrogen-bond acceptors (Lipinski definition) is 13. The molecule has 0 amide bonds. The number of rotatable bonds is 4. The Balaban J connectivity index is 1.58. The average Bonchev–Trinajstić information content (AvgIpc) is 2.91. The summed E-state index contributed by atoms with van der Waals surface area (Å²) in [5.74, 6) is -2.11. The van der Waals surface area contributed by atoms with Crippen molar-refractivity contribution in [3.63, 3.8) is 0 Å². The van der Waals surface area contributed by atoms with Gasteiger partial charge in [-0.05, 0) is 38.1 Å². The number of carbonyl (C=O) groups is 1. The Morgan fingerprint density at radius 1 is 0.850 bits per heavy atom. The highest BCUT2D eigenvalue weighted by Crippen LogP contribution is 2.45. The molecule has 0 aliphatic carbocycles. The lowest BCUT2D eigenvalue weighted by atomic mass is 9.90. The lowest BCUT2D eigenvalue weighted by Crippen LogP contribution is -2.60. The van der Waals surface area contributed by atoms with Crippen LogP contribution >= 0.6 is 0 Å². The molecular weight excluding hydrogens is 532 g/mol. The van der Waals surface area contributed by atoms with Crippen LogP contribution in [0, 0.1) is 0 Å². The quantitative estimate of drug-likeness (QED) is 0.227.